The van der Waals surface area contributed by atoms with Crippen LogP contribution in [0.15, 0.2) is 24.3 Å². The number of para-hydroxylation sites is 1. The van der Waals surface area contributed by atoms with E-state index < -0.39 is 0 Å². The molecule has 2 aromatic rings. The first kappa shape index (κ1) is 12.3. The normalized spacial score (nSPS) is 10.3. The highest BCUT2D eigenvalue weighted by atomic mass is 16.2. The third-order valence-electron chi connectivity index (χ3n) is 2.72. The Kier molecular flexibility index (Phi) is 3.72. The number of carbonyl (C=O) groups is 1. The number of nitrogens with one attached hydrogen (secondary N) is 2. The molecule has 1 aromatic carbocycles. The van der Waals surface area contributed by atoms with Crippen LogP contribution in [0.25, 0.3) is 0 Å². The van der Waals surface area contributed by atoms with E-state index >= 15 is 0 Å². The van der Waals surface area contributed by atoms with Gasteiger partial charge >= 0.3 is 0 Å². The molecule has 0 atom stereocenters. The van der Waals surface area contributed by atoms with Gasteiger partial charge in [0.15, 0.2) is 0 Å². The second-order valence-corrected chi connectivity index (χ2v) is 3.92. The third kappa shape index (κ3) is 2.56. The minimum atomic E-state index is -0.285. The molecule has 0 bridgehead atoms. The number of aromatic amines is 1. The number of H-pyrrole nitrogens is 1. The van der Waals surface area contributed by atoms with E-state index in [0.29, 0.717) is 5.82 Å². The lowest BCUT2D eigenvalue weighted by Gasteiger charge is -2.07. The summed E-state index contributed by atoms with van der Waals surface area (Å²) in [6.45, 7) is 4.00. The fourth-order valence-corrected chi connectivity index (χ4v) is 1.68. The van der Waals surface area contributed by atoms with Gasteiger partial charge in [0.2, 0.25) is 5.82 Å². The molecule has 0 spiro atoms. The zero-order valence-electron chi connectivity index (χ0n) is 10.5. The molecule has 0 radical (unpaired) electrons. The Balaban J connectivity index is 2.16. The summed E-state index contributed by atoms with van der Waals surface area (Å²) in [5.74, 6) is 0.605. The monoisotopic (exact) mass is 244 g/mol. The minimum Gasteiger partial charge on any atom is -0.319 e. The van der Waals surface area contributed by atoms with Crippen LogP contribution in [-0.2, 0) is 12.8 Å². The number of nitrogens with zero attached hydrogens (tertiary/aromatic N) is 2. The number of rotatable bonds is 4. The Labute approximate surface area is 106 Å². The molecule has 1 heterocycles. The average Bonchev–Trinajstić information content (AvgIpc) is 2.88. The van der Waals surface area contributed by atoms with Crippen LogP contribution in [0.3, 0.4) is 0 Å². The van der Waals surface area contributed by atoms with Crippen LogP contribution in [0.4, 0.5) is 5.69 Å². The highest BCUT2D eigenvalue weighted by Gasteiger charge is 2.13. The maximum Gasteiger partial charge on any atom is 0.295 e. The highest BCUT2D eigenvalue weighted by molar-refractivity contribution is 6.01. The lowest BCUT2D eigenvalue weighted by Crippen LogP contribution is -2.15. The summed E-state index contributed by atoms with van der Waals surface area (Å²) in [5, 5.41) is 9.45. The first-order chi connectivity index (χ1) is 8.74. The van der Waals surface area contributed by atoms with Crippen molar-refractivity contribution in [3.8, 4) is 0 Å². The van der Waals surface area contributed by atoms with Gasteiger partial charge < -0.3 is 5.32 Å². The molecule has 0 aliphatic rings. The minimum absolute atomic E-state index is 0.178. The Morgan fingerprint density at radius 1 is 1.28 bits per heavy atom. The SMILES string of the molecule is CCc1nc(C(=O)Nc2ccccc2CC)n[nH]1. The summed E-state index contributed by atoms with van der Waals surface area (Å²) in [6.07, 6.45) is 1.59. The molecule has 1 amide bonds. The van der Waals surface area contributed by atoms with Gasteiger partial charge in [0.25, 0.3) is 5.91 Å². The highest BCUT2D eigenvalue weighted by Crippen LogP contribution is 2.15. The van der Waals surface area contributed by atoms with Gasteiger partial charge in [-0.3, -0.25) is 9.89 Å². The summed E-state index contributed by atoms with van der Waals surface area (Å²) in [7, 11) is 0. The first-order valence-electron chi connectivity index (χ1n) is 6.05. The van der Waals surface area contributed by atoms with Crippen molar-refractivity contribution in [3.05, 3.63) is 41.5 Å². The lowest BCUT2D eigenvalue weighted by atomic mass is 10.1. The standard InChI is InChI=1S/C13H16N4O/c1-3-9-7-5-6-8-10(9)14-13(18)12-15-11(4-2)16-17-12/h5-8H,3-4H2,1-2H3,(H,14,18)(H,15,16,17). The molecule has 1 aromatic heterocycles. The van der Waals surface area contributed by atoms with E-state index in [1.807, 2.05) is 38.1 Å². The zero-order valence-corrected chi connectivity index (χ0v) is 10.5. The number of carbonyl (C=O) groups excluding carboxylic acids is 1. The van der Waals surface area contributed by atoms with Gasteiger partial charge in [-0.2, -0.15) is 0 Å². The average molecular weight is 244 g/mol. The van der Waals surface area contributed by atoms with E-state index in [-0.39, 0.29) is 11.7 Å². The van der Waals surface area contributed by atoms with E-state index in [4.69, 9.17) is 0 Å². The molecule has 5 heteroatoms. The van der Waals surface area contributed by atoms with Crippen molar-refractivity contribution in [2.45, 2.75) is 26.7 Å². The smallest absolute Gasteiger partial charge is 0.295 e. The summed E-state index contributed by atoms with van der Waals surface area (Å²) >= 11 is 0. The summed E-state index contributed by atoms with van der Waals surface area (Å²) in [5.41, 5.74) is 1.91. The van der Waals surface area contributed by atoms with Crippen LogP contribution < -0.4 is 5.32 Å². The number of aromatic nitrogens is 3. The Hall–Kier alpha value is -2.17. The predicted molar refractivity (Wildman–Crippen MR) is 69.5 cm³/mol. The first-order valence-corrected chi connectivity index (χ1v) is 6.05. The van der Waals surface area contributed by atoms with E-state index in [0.717, 1.165) is 24.1 Å². The topological polar surface area (TPSA) is 70.7 Å². The largest absolute Gasteiger partial charge is 0.319 e. The van der Waals surface area contributed by atoms with E-state index in [1.165, 1.54) is 0 Å². The number of hydrogen-bond acceptors (Lipinski definition) is 3. The van der Waals surface area contributed by atoms with Crippen molar-refractivity contribution in [2.75, 3.05) is 5.32 Å². The van der Waals surface area contributed by atoms with Gasteiger partial charge in [-0.1, -0.05) is 32.0 Å². The molecule has 0 saturated carbocycles. The van der Waals surface area contributed by atoms with Gasteiger partial charge in [-0.05, 0) is 18.1 Å². The molecule has 18 heavy (non-hydrogen) atoms. The molecule has 0 fully saturated rings. The maximum atomic E-state index is 12.0. The number of benzene rings is 1. The molecular formula is C13H16N4O. The fourth-order valence-electron chi connectivity index (χ4n) is 1.68. The Bertz CT molecular complexity index is 547. The summed E-state index contributed by atoms with van der Waals surface area (Å²) in [4.78, 5) is 16.1. The third-order valence-corrected chi connectivity index (χ3v) is 2.72. The molecular weight excluding hydrogens is 228 g/mol. The molecule has 0 aliphatic heterocycles. The van der Waals surface area contributed by atoms with E-state index in [9.17, 15) is 4.79 Å². The fraction of sp³-hybridized carbons (Fsp3) is 0.308. The van der Waals surface area contributed by atoms with Crippen LogP contribution >= 0.6 is 0 Å². The molecule has 94 valence electrons. The van der Waals surface area contributed by atoms with Gasteiger partial charge in [-0.15, -0.1) is 5.10 Å². The van der Waals surface area contributed by atoms with Crippen molar-refractivity contribution in [1.29, 1.82) is 0 Å². The second-order valence-electron chi connectivity index (χ2n) is 3.92. The molecule has 5 nitrogen and oxygen atoms in total. The van der Waals surface area contributed by atoms with E-state index in [2.05, 4.69) is 20.5 Å². The quantitative estimate of drug-likeness (QED) is 0.866. The lowest BCUT2D eigenvalue weighted by molar-refractivity contribution is 0.101. The van der Waals surface area contributed by atoms with Crippen molar-refractivity contribution in [1.82, 2.24) is 15.2 Å². The summed E-state index contributed by atoms with van der Waals surface area (Å²) in [6, 6.07) is 7.72. The van der Waals surface area contributed by atoms with Crippen LogP contribution in [0.1, 0.15) is 35.9 Å². The number of amides is 1. The van der Waals surface area contributed by atoms with Crippen molar-refractivity contribution >= 4 is 11.6 Å². The Morgan fingerprint density at radius 3 is 2.72 bits per heavy atom. The molecule has 2 N–H and O–H groups in total. The van der Waals surface area contributed by atoms with Gasteiger partial charge in [0, 0.05) is 12.1 Å². The van der Waals surface area contributed by atoms with Gasteiger partial charge in [-0.25, -0.2) is 4.98 Å². The Morgan fingerprint density at radius 2 is 2.06 bits per heavy atom. The number of aryl methyl sites for hydroxylation is 2. The number of hydrogen-bond donors (Lipinski definition) is 2. The van der Waals surface area contributed by atoms with E-state index in [1.54, 1.807) is 0 Å². The van der Waals surface area contributed by atoms with Crippen molar-refractivity contribution < 1.29 is 4.79 Å². The van der Waals surface area contributed by atoms with Gasteiger partial charge in [0.1, 0.15) is 5.82 Å². The molecule has 0 unspecified atom stereocenters. The van der Waals surface area contributed by atoms with Gasteiger partial charge in [0.05, 0.1) is 0 Å². The zero-order chi connectivity index (χ0) is 13.0. The van der Waals surface area contributed by atoms with Crippen LogP contribution in [0.5, 0.6) is 0 Å². The van der Waals surface area contributed by atoms with Crippen molar-refractivity contribution in [2.24, 2.45) is 0 Å². The predicted octanol–water partition coefficient (Wildman–Crippen LogP) is 2.18. The van der Waals surface area contributed by atoms with Crippen LogP contribution in [0, 0.1) is 0 Å². The second kappa shape index (κ2) is 5.44. The number of anilines is 1. The van der Waals surface area contributed by atoms with Crippen molar-refractivity contribution in [3.63, 3.8) is 0 Å². The molecule has 0 aliphatic carbocycles. The van der Waals surface area contributed by atoms with Crippen LogP contribution in [0.2, 0.25) is 0 Å². The molecule has 0 saturated heterocycles. The summed E-state index contributed by atoms with van der Waals surface area (Å²) < 4.78 is 0. The molecule has 2 rings (SSSR count). The maximum absolute atomic E-state index is 12.0. The van der Waals surface area contributed by atoms with Crippen LogP contribution in [-0.4, -0.2) is 21.1 Å².